The molecule has 1 aliphatic heterocycles. The average Bonchev–Trinajstić information content (AvgIpc) is 2.80. The molecule has 4 heteroatoms. The minimum atomic E-state index is -0.554. The molecule has 5 aliphatic rings. The van der Waals surface area contributed by atoms with Gasteiger partial charge < -0.3 is 10.1 Å². The van der Waals surface area contributed by atoms with Crippen LogP contribution < -0.4 is 5.32 Å². The Morgan fingerprint density at radius 2 is 1.76 bits per heavy atom. The summed E-state index contributed by atoms with van der Waals surface area (Å²) in [6.45, 7) is 2.84. The fourth-order valence-electron chi connectivity index (χ4n) is 6.33. The van der Waals surface area contributed by atoms with Crippen molar-refractivity contribution < 1.29 is 14.3 Å². The van der Waals surface area contributed by atoms with E-state index in [9.17, 15) is 9.59 Å². The topological polar surface area (TPSA) is 55.4 Å². The summed E-state index contributed by atoms with van der Waals surface area (Å²) in [4.78, 5) is 24.5. The van der Waals surface area contributed by atoms with Gasteiger partial charge in [0.05, 0.1) is 6.61 Å². The van der Waals surface area contributed by atoms with Gasteiger partial charge >= 0.3 is 5.97 Å². The minimum Gasteiger partial charge on any atom is -0.465 e. The molecule has 0 unspecified atom stereocenters. The number of amides is 1. The molecule has 0 aromatic carbocycles. The van der Waals surface area contributed by atoms with Crippen molar-refractivity contribution in [2.75, 3.05) is 13.2 Å². The van der Waals surface area contributed by atoms with E-state index in [0.29, 0.717) is 13.2 Å². The van der Waals surface area contributed by atoms with Crippen molar-refractivity contribution in [1.29, 1.82) is 0 Å². The van der Waals surface area contributed by atoms with E-state index in [-0.39, 0.29) is 23.2 Å². The number of ether oxygens (including phenoxy) is 1. The lowest BCUT2D eigenvalue weighted by Gasteiger charge is -2.59. The van der Waals surface area contributed by atoms with Gasteiger partial charge in [-0.05, 0) is 68.6 Å². The highest BCUT2D eigenvalue weighted by atomic mass is 16.5. The van der Waals surface area contributed by atoms with Crippen molar-refractivity contribution in [3.05, 3.63) is 0 Å². The largest absolute Gasteiger partial charge is 0.465 e. The Labute approximate surface area is 126 Å². The zero-order valence-electron chi connectivity index (χ0n) is 12.8. The van der Waals surface area contributed by atoms with Crippen LogP contribution in [0, 0.1) is 35.0 Å². The van der Waals surface area contributed by atoms with Gasteiger partial charge in [-0.25, -0.2) is 0 Å². The second-order valence-electron chi connectivity index (χ2n) is 7.86. The quantitative estimate of drug-likeness (QED) is 0.640. The zero-order valence-corrected chi connectivity index (χ0v) is 12.8. The number of nitrogens with one attached hydrogen (secondary N) is 1. The van der Waals surface area contributed by atoms with Crippen molar-refractivity contribution in [2.45, 2.75) is 45.4 Å². The maximum atomic E-state index is 12.3. The lowest BCUT2D eigenvalue weighted by molar-refractivity contribution is -0.158. The molecule has 0 radical (unpaired) electrons. The molecule has 4 aliphatic carbocycles. The van der Waals surface area contributed by atoms with Crippen LogP contribution in [0.3, 0.4) is 0 Å². The Hall–Kier alpha value is -1.06. The van der Waals surface area contributed by atoms with Crippen molar-refractivity contribution in [1.82, 2.24) is 5.32 Å². The number of hydrogen-bond donors (Lipinski definition) is 1. The van der Waals surface area contributed by atoms with Crippen LogP contribution in [0.2, 0.25) is 0 Å². The second-order valence-corrected chi connectivity index (χ2v) is 7.86. The Morgan fingerprint density at radius 3 is 2.29 bits per heavy atom. The van der Waals surface area contributed by atoms with Crippen LogP contribution in [0.15, 0.2) is 0 Å². The van der Waals surface area contributed by atoms with Crippen molar-refractivity contribution in [3.63, 3.8) is 0 Å². The first kappa shape index (κ1) is 13.6. The number of carbonyl (C=O) groups excluding carboxylic acids is 2. The summed E-state index contributed by atoms with van der Waals surface area (Å²) in [5.74, 6) is 1.74. The van der Waals surface area contributed by atoms with Gasteiger partial charge in [-0.15, -0.1) is 0 Å². The molecule has 0 aromatic heterocycles. The van der Waals surface area contributed by atoms with Gasteiger partial charge in [-0.3, -0.25) is 9.59 Å². The number of esters is 1. The monoisotopic (exact) mass is 291 g/mol. The van der Waals surface area contributed by atoms with Gasteiger partial charge in [0, 0.05) is 12.5 Å². The molecule has 1 N–H and O–H groups in total. The summed E-state index contributed by atoms with van der Waals surface area (Å²) in [5.41, 5.74) is 0.228. The maximum absolute atomic E-state index is 12.3. The molecule has 4 nitrogen and oxygen atoms in total. The molecule has 5 rings (SSSR count). The van der Waals surface area contributed by atoms with Crippen LogP contribution in [-0.4, -0.2) is 25.0 Å². The Kier molecular flexibility index (Phi) is 3.05. The van der Waals surface area contributed by atoms with E-state index in [0.717, 1.165) is 17.8 Å². The molecule has 4 saturated carbocycles. The predicted octanol–water partition coefficient (Wildman–Crippen LogP) is 2.13. The number of carbonyl (C=O) groups is 2. The lowest BCUT2D eigenvalue weighted by Crippen LogP contribution is -2.52. The first-order valence-corrected chi connectivity index (χ1v) is 8.55. The first-order valence-electron chi connectivity index (χ1n) is 8.55. The highest BCUT2D eigenvalue weighted by Gasteiger charge is 2.59. The number of hydrogen-bond acceptors (Lipinski definition) is 3. The molecule has 1 amide bonds. The average molecular weight is 291 g/mol. The molecule has 4 bridgehead atoms. The molecule has 1 heterocycles. The van der Waals surface area contributed by atoms with E-state index in [1.807, 2.05) is 6.92 Å². The molecule has 2 atom stereocenters. The van der Waals surface area contributed by atoms with Crippen molar-refractivity contribution in [2.24, 2.45) is 35.0 Å². The molecule has 1 saturated heterocycles. The maximum Gasteiger partial charge on any atom is 0.318 e. The van der Waals surface area contributed by atoms with Crippen LogP contribution in [0.25, 0.3) is 0 Å². The third-order valence-electron chi connectivity index (χ3n) is 6.59. The molecule has 21 heavy (non-hydrogen) atoms. The Bertz CT molecular complexity index is 437. The van der Waals surface area contributed by atoms with Gasteiger partial charge in [0.15, 0.2) is 0 Å². The SMILES string of the molecule is CCOC(=O)[C@H]1C(=O)NC[C@@H]1C12CC3CC(CC(C3)C1)C2. The lowest BCUT2D eigenvalue weighted by atomic mass is 9.45. The fraction of sp³-hybridized carbons (Fsp3) is 0.882. The predicted molar refractivity (Wildman–Crippen MR) is 77.2 cm³/mol. The van der Waals surface area contributed by atoms with E-state index in [4.69, 9.17) is 4.74 Å². The van der Waals surface area contributed by atoms with E-state index in [2.05, 4.69) is 5.32 Å². The highest BCUT2D eigenvalue weighted by Crippen LogP contribution is 2.64. The van der Waals surface area contributed by atoms with Gasteiger partial charge in [0.1, 0.15) is 5.92 Å². The van der Waals surface area contributed by atoms with Gasteiger partial charge in [-0.1, -0.05) is 0 Å². The third kappa shape index (κ3) is 2.01. The molecule has 116 valence electrons. The molecule has 0 aromatic rings. The summed E-state index contributed by atoms with van der Waals surface area (Å²) in [5, 5.41) is 2.94. The normalized spacial score (nSPS) is 47.5. The zero-order chi connectivity index (χ0) is 14.6. The van der Waals surface area contributed by atoms with E-state index < -0.39 is 5.92 Å². The minimum absolute atomic E-state index is 0.103. The van der Waals surface area contributed by atoms with Gasteiger partial charge in [-0.2, -0.15) is 0 Å². The summed E-state index contributed by atoms with van der Waals surface area (Å²) < 4.78 is 5.19. The Morgan fingerprint density at radius 1 is 1.19 bits per heavy atom. The van der Waals surface area contributed by atoms with Crippen LogP contribution in [-0.2, 0) is 14.3 Å². The van der Waals surface area contributed by atoms with Crippen LogP contribution in [0.4, 0.5) is 0 Å². The third-order valence-corrected chi connectivity index (χ3v) is 6.59. The van der Waals surface area contributed by atoms with Gasteiger partial charge in [0.25, 0.3) is 0 Å². The fourth-order valence-corrected chi connectivity index (χ4v) is 6.33. The van der Waals surface area contributed by atoms with Crippen LogP contribution in [0.1, 0.15) is 45.4 Å². The Balaban J connectivity index is 1.62. The van der Waals surface area contributed by atoms with E-state index >= 15 is 0 Å². The molecule has 0 spiro atoms. The smallest absolute Gasteiger partial charge is 0.318 e. The van der Waals surface area contributed by atoms with E-state index in [1.54, 1.807) is 0 Å². The highest BCUT2D eigenvalue weighted by molar-refractivity contribution is 5.99. The van der Waals surface area contributed by atoms with Crippen LogP contribution in [0.5, 0.6) is 0 Å². The van der Waals surface area contributed by atoms with Crippen molar-refractivity contribution in [3.8, 4) is 0 Å². The molecule has 5 fully saturated rings. The van der Waals surface area contributed by atoms with Gasteiger partial charge in [0.2, 0.25) is 5.91 Å². The van der Waals surface area contributed by atoms with Crippen molar-refractivity contribution >= 4 is 11.9 Å². The van der Waals surface area contributed by atoms with Crippen LogP contribution >= 0.6 is 0 Å². The van der Waals surface area contributed by atoms with E-state index in [1.165, 1.54) is 38.5 Å². The summed E-state index contributed by atoms with van der Waals surface area (Å²) in [6.07, 6.45) is 7.85. The standard InChI is InChI=1S/C17H25NO3/c1-2-21-16(20)14-13(9-18-15(14)19)17-6-10-3-11(7-17)5-12(4-10)8-17/h10-14H,2-9H2,1H3,(H,18,19)/t10?,11?,12?,13-,14+,17?/m0/s1. The second kappa shape index (κ2) is 4.72. The summed E-state index contributed by atoms with van der Waals surface area (Å²) in [7, 11) is 0. The molecular formula is C17H25NO3. The summed E-state index contributed by atoms with van der Waals surface area (Å²) >= 11 is 0. The number of rotatable bonds is 3. The summed E-state index contributed by atoms with van der Waals surface area (Å²) in [6, 6.07) is 0. The first-order chi connectivity index (χ1) is 10.1. The molecular weight excluding hydrogens is 266 g/mol.